The fourth-order valence-corrected chi connectivity index (χ4v) is 6.08. The monoisotopic (exact) mass is 552 g/mol. The van der Waals surface area contributed by atoms with E-state index in [1.54, 1.807) is 18.2 Å². The van der Waals surface area contributed by atoms with Gasteiger partial charge in [-0.05, 0) is 69.7 Å². The minimum absolute atomic E-state index is 0.225. The Labute approximate surface area is 230 Å². The summed E-state index contributed by atoms with van der Waals surface area (Å²) in [6.45, 7) is 11.1. The van der Waals surface area contributed by atoms with E-state index in [4.69, 9.17) is 14.5 Å². The number of benzene rings is 2. The highest BCUT2D eigenvalue weighted by atomic mass is 32.2. The summed E-state index contributed by atoms with van der Waals surface area (Å²) >= 11 is 0. The van der Waals surface area contributed by atoms with Gasteiger partial charge in [0.05, 0.1) is 18.1 Å². The Morgan fingerprint density at radius 1 is 1.05 bits per heavy atom. The number of aromatic nitrogens is 2. The van der Waals surface area contributed by atoms with Crippen LogP contribution in [0.1, 0.15) is 26.3 Å². The summed E-state index contributed by atoms with van der Waals surface area (Å²) in [7, 11) is -3.65. The molecule has 0 spiro atoms. The lowest BCUT2D eigenvalue weighted by Crippen LogP contribution is -2.40. The maximum atomic E-state index is 12.9. The van der Waals surface area contributed by atoms with E-state index in [1.807, 2.05) is 62.2 Å². The number of anilines is 4. The van der Waals surface area contributed by atoms with Gasteiger partial charge >= 0.3 is 0 Å². The second-order valence-corrected chi connectivity index (χ2v) is 12.4. The molecule has 5 rings (SSSR count). The maximum Gasteiger partial charge on any atom is 0.241 e. The molecule has 0 amide bonds. The minimum atomic E-state index is -3.65. The fourth-order valence-electron chi connectivity index (χ4n) is 4.62. The molecule has 0 atom stereocenters. The molecule has 39 heavy (non-hydrogen) atoms. The first-order valence-electron chi connectivity index (χ1n) is 13.2. The van der Waals surface area contributed by atoms with Crippen molar-refractivity contribution in [3.8, 4) is 5.75 Å². The predicted octanol–water partition coefficient (Wildman–Crippen LogP) is 3.70. The molecule has 3 aromatic rings. The zero-order valence-corrected chi connectivity index (χ0v) is 23.5. The Morgan fingerprint density at radius 2 is 1.82 bits per heavy atom. The van der Waals surface area contributed by atoms with Gasteiger partial charge in [0.25, 0.3) is 0 Å². The summed E-state index contributed by atoms with van der Waals surface area (Å²) in [6.07, 6.45) is 2.61. The van der Waals surface area contributed by atoms with Gasteiger partial charge in [0.2, 0.25) is 16.0 Å². The molecule has 2 N–H and O–H groups in total. The minimum Gasteiger partial charge on any atom is -0.492 e. The van der Waals surface area contributed by atoms with Crippen LogP contribution in [0, 0.1) is 0 Å². The number of hydrogen-bond acceptors (Lipinski definition) is 9. The molecule has 2 aliphatic rings. The molecule has 0 bridgehead atoms. The zero-order chi connectivity index (χ0) is 27.5. The van der Waals surface area contributed by atoms with E-state index in [1.165, 1.54) is 0 Å². The quantitative estimate of drug-likeness (QED) is 0.411. The van der Waals surface area contributed by atoms with Crippen molar-refractivity contribution in [1.82, 2.24) is 19.6 Å². The van der Waals surface area contributed by atoms with E-state index >= 15 is 0 Å². The van der Waals surface area contributed by atoms with Crippen LogP contribution in [0.15, 0.2) is 59.6 Å². The normalized spacial score (nSPS) is 16.2. The summed E-state index contributed by atoms with van der Waals surface area (Å²) in [6, 6.07) is 14.7. The molecule has 2 aromatic carbocycles. The van der Waals surface area contributed by atoms with Crippen molar-refractivity contribution in [1.29, 1.82) is 0 Å². The van der Waals surface area contributed by atoms with E-state index in [9.17, 15) is 8.42 Å². The van der Waals surface area contributed by atoms with Crippen LogP contribution in [-0.2, 0) is 21.2 Å². The maximum absolute atomic E-state index is 12.9. The highest BCUT2D eigenvalue weighted by Crippen LogP contribution is 2.34. The molecule has 1 saturated heterocycles. The number of nitrogens with zero attached hydrogens (tertiary/aromatic N) is 4. The first-order valence-corrected chi connectivity index (χ1v) is 14.7. The summed E-state index contributed by atoms with van der Waals surface area (Å²) in [5, 5.41) is 3.27. The van der Waals surface area contributed by atoms with E-state index in [0.717, 1.165) is 67.8 Å². The molecule has 11 heteroatoms. The van der Waals surface area contributed by atoms with Crippen LogP contribution in [-0.4, -0.2) is 74.8 Å². The van der Waals surface area contributed by atoms with Gasteiger partial charge in [-0.3, -0.25) is 4.90 Å². The molecule has 0 radical (unpaired) electrons. The number of fused-ring (bicyclic) bond motifs is 1. The molecular weight excluding hydrogens is 516 g/mol. The van der Waals surface area contributed by atoms with Gasteiger partial charge in [-0.25, -0.2) is 18.1 Å². The lowest BCUT2D eigenvalue weighted by atomic mass is 10.1. The third-order valence-corrected chi connectivity index (χ3v) is 8.23. The third kappa shape index (κ3) is 7.04. The van der Waals surface area contributed by atoms with Crippen LogP contribution in [0.4, 0.5) is 23.1 Å². The molecule has 1 aromatic heterocycles. The van der Waals surface area contributed by atoms with Crippen molar-refractivity contribution in [2.45, 2.75) is 37.6 Å². The SMILES string of the molecule is CC(C)(C)NS(=O)(=O)c1cccc(N2CCc3cnc(Nc4ccc(OCCN5CCOCC5)cc4)nc32)c1. The Morgan fingerprint density at radius 3 is 2.56 bits per heavy atom. The van der Waals surface area contributed by atoms with E-state index in [-0.39, 0.29) is 4.90 Å². The smallest absolute Gasteiger partial charge is 0.241 e. The molecule has 0 unspecified atom stereocenters. The summed E-state index contributed by atoms with van der Waals surface area (Å²) in [5.74, 6) is 2.05. The summed E-state index contributed by atoms with van der Waals surface area (Å²) in [4.78, 5) is 13.9. The van der Waals surface area contributed by atoms with Gasteiger partial charge in [0.1, 0.15) is 18.2 Å². The first-order chi connectivity index (χ1) is 18.7. The average molecular weight is 553 g/mol. The van der Waals surface area contributed by atoms with Gasteiger partial charge in [-0.15, -0.1) is 0 Å². The standard InChI is InChI=1S/C28H36N6O4S/c1-28(2,3)32-39(35,36)25-6-4-5-23(19-25)34-12-11-21-20-29-27(31-26(21)34)30-22-7-9-24(10-8-22)38-18-15-33-13-16-37-17-14-33/h4-10,19-20,32H,11-18H2,1-3H3,(H,29,30,31). The van der Waals surface area contributed by atoms with Gasteiger partial charge in [-0.2, -0.15) is 4.98 Å². The fraction of sp³-hybridized carbons (Fsp3) is 0.429. The predicted molar refractivity (Wildman–Crippen MR) is 152 cm³/mol. The highest BCUT2D eigenvalue weighted by Gasteiger charge is 2.26. The Kier molecular flexibility index (Phi) is 8.03. The van der Waals surface area contributed by atoms with Crippen molar-refractivity contribution in [2.24, 2.45) is 0 Å². The average Bonchev–Trinajstić information content (AvgIpc) is 3.32. The first kappa shape index (κ1) is 27.3. The highest BCUT2D eigenvalue weighted by molar-refractivity contribution is 7.89. The number of nitrogens with one attached hydrogen (secondary N) is 2. The summed E-state index contributed by atoms with van der Waals surface area (Å²) in [5.41, 5.74) is 2.07. The van der Waals surface area contributed by atoms with E-state index in [2.05, 4.69) is 19.9 Å². The Bertz CT molecular complexity index is 1390. The van der Waals surface area contributed by atoms with Gasteiger partial charge in [-0.1, -0.05) is 6.07 Å². The van der Waals surface area contributed by atoms with Crippen LogP contribution in [0.2, 0.25) is 0 Å². The lowest BCUT2D eigenvalue weighted by Gasteiger charge is -2.26. The molecule has 0 saturated carbocycles. The molecule has 2 aliphatic heterocycles. The second kappa shape index (κ2) is 11.5. The molecule has 10 nitrogen and oxygen atoms in total. The van der Waals surface area contributed by atoms with Gasteiger partial charge in [0, 0.05) is 54.9 Å². The van der Waals surface area contributed by atoms with Crippen LogP contribution >= 0.6 is 0 Å². The lowest BCUT2D eigenvalue weighted by molar-refractivity contribution is 0.0322. The summed E-state index contributed by atoms with van der Waals surface area (Å²) < 4.78 is 39.8. The molecule has 3 heterocycles. The third-order valence-electron chi connectivity index (χ3n) is 6.47. The molecule has 208 valence electrons. The van der Waals surface area contributed by atoms with Gasteiger partial charge < -0.3 is 19.7 Å². The van der Waals surface area contributed by atoms with Crippen LogP contribution < -0.4 is 19.7 Å². The van der Waals surface area contributed by atoms with Crippen molar-refractivity contribution >= 4 is 33.2 Å². The topological polar surface area (TPSA) is 109 Å². The molecular formula is C28H36N6O4S. The number of hydrogen-bond donors (Lipinski definition) is 2. The van der Waals surface area contributed by atoms with Crippen LogP contribution in [0.25, 0.3) is 0 Å². The van der Waals surface area contributed by atoms with Crippen molar-refractivity contribution in [3.63, 3.8) is 0 Å². The van der Waals surface area contributed by atoms with Crippen molar-refractivity contribution in [3.05, 3.63) is 60.3 Å². The van der Waals surface area contributed by atoms with E-state index < -0.39 is 15.6 Å². The second-order valence-electron chi connectivity index (χ2n) is 10.7. The number of ether oxygens (including phenoxy) is 2. The van der Waals surface area contributed by atoms with Crippen molar-refractivity contribution in [2.75, 3.05) is 56.2 Å². The zero-order valence-electron chi connectivity index (χ0n) is 22.7. The molecule has 0 aliphatic carbocycles. The van der Waals surface area contributed by atoms with Crippen LogP contribution in [0.5, 0.6) is 5.75 Å². The molecule has 1 fully saturated rings. The van der Waals surface area contributed by atoms with Crippen molar-refractivity contribution < 1.29 is 17.9 Å². The van der Waals surface area contributed by atoms with E-state index in [0.29, 0.717) is 19.1 Å². The number of rotatable bonds is 9. The van der Waals surface area contributed by atoms with Gasteiger partial charge in [0.15, 0.2) is 0 Å². The largest absolute Gasteiger partial charge is 0.492 e. The van der Waals surface area contributed by atoms with Crippen LogP contribution in [0.3, 0.4) is 0 Å². The number of morpholine rings is 1. The Balaban J connectivity index is 1.24. The Hall–Kier alpha value is -3.25. The number of sulfonamides is 1.